The number of rotatable bonds is 8. The van der Waals surface area contributed by atoms with Crippen molar-refractivity contribution in [2.45, 2.75) is 45.8 Å². The minimum absolute atomic E-state index is 0.171. The van der Waals surface area contributed by atoms with Crippen LogP contribution in [0.5, 0.6) is 17.2 Å². The lowest BCUT2D eigenvalue weighted by Gasteiger charge is -2.14. The van der Waals surface area contributed by atoms with Crippen LogP contribution in [0.2, 0.25) is 0 Å². The second-order valence-electron chi connectivity index (χ2n) is 7.01. The number of benzene rings is 2. The van der Waals surface area contributed by atoms with Crippen LogP contribution in [0.3, 0.4) is 0 Å². The molecule has 2 amide bonds. The van der Waals surface area contributed by atoms with Crippen molar-refractivity contribution in [2.24, 2.45) is 0 Å². The molecule has 0 saturated carbocycles. The molecule has 1 aliphatic heterocycles. The molecule has 2 aromatic carbocycles. The lowest BCUT2D eigenvalue weighted by Crippen LogP contribution is -2.35. The predicted octanol–water partition coefficient (Wildman–Crippen LogP) is 3.55. The number of carbonyl (C=O) groups excluding carboxylic acids is 1. The first-order valence-corrected chi connectivity index (χ1v) is 9.80. The van der Waals surface area contributed by atoms with E-state index in [1.807, 2.05) is 38.1 Å². The summed E-state index contributed by atoms with van der Waals surface area (Å²) in [5.74, 6) is 1.94. The highest BCUT2D eigenvalue weighted by atomic mass is 16.5. The van der Waals surface area contributed by atoms with Gasteiger partial charge in [-0.2, -0.15) is 0 Å². The van der Waals surface area contributed by atoms with Crippen LogP contribution in [-0.4, -0.2) is 30.4 Å². The molecule has 0 fully saturated rings. The first kappa shape index (κ1) is 19.9. The molecule has 0 aliphatic carbocycles. The summed E-state index contributed by atoms with van der Waals surface area (Å²) < 4.78 is 11.6. The van der Waals surface area contributed by atoms with E-state index in [1.165, 1.54) is 0 Å². The number of aryl methyl sites for hydroxylation is 1. The Hall–Kier alpha value is -2.89. The van der Waals surface area contributed by atoms with Crippen molar-refractivity contribution in [1.82, 2.24) is 10.6 Å². The molecule has 2 aromatic rings. The molecule has 1 aliphatic rings. The second kappa shape index (κ2) is 9.35. The van der Waals surface area contributed by atoms with E-state index in [4.69, 9.17) is 9.47 Å². The summed E-state index contributed by atoms with van der Waals surface area (Å²) in [5, 5.41) is 15.1. The van der Waals surface area contributed by atoms with Crippen molar-refractivity contribution in [3.63, 3.8) is 0 Å². The van der Waals surface area contributed by atoms with Gasteiger partial charge in [0.05, 0.1) is 6.61 Å². The first-order chi connectivity index (χ1) is 13.5. The number of hydrogen-bond donors (Lipinski definition) is 3. The standard InChI is InChI=1S/C22H28N2O4/c1-3-27-20-12-17-11-15(2)28-21(17)13-18(20)14-24-22(26)23-10-4-5-16-6-8-19(25)9-7-16/h6-9,12-13,15,25H,3-5,10-11,14H2,1-2H3,(H2,23,24,26). The van der Waals surface area contributed by atoms with E-state index >= 15 is 0 Å². The Morgan fingerprint density at radius 3 is 2.79 bits per heavy atom. The molecule has 1 heterocycles. The third-order valence-corrected chi connectivity index (χ3v) is 4.68. The third-order valence-electron chi connectivity index (χ3n) is 4.68. The van der Waals surface area contributed by atoms with Crippen molar-refractivity contribution in [3.05, 3.63) is 53.1 Å². The van der Waals surface area contributed by atoms with Crippen LogP contribution in [0.25, 0.3) is 0 Å². The molecule has 28 heavy (non-hydrogen) atoms. The topological polar surface area (TPSA) is 79.8 Å². The number of amides is 2. The largest absolute Gasteiger partial charge is 0.508 e. The summed E-state index contributed by atoms with van der Waals surface area (Å²) in [6, 6.07) is 10.9. The Morgan fingerprint density at radius 1 is 1.25 bits per heavy atom. The Bertz CT molecular complexity index is 805. The minimum atomic E-state index is -0.206. The van der Waals surface area contributed by atoms with Crippen LogP contribution in [0.1, 0.15) is 37.0 Å². The van der Waals surface area contributed by atoms with E-state index in [1.54, 1.807) is 12.1 Å². The van der Waals surface area contributed by atoms with Gasteiger partial charge in [0.2, 0.25) is 0 Å². The summed E-state index contributed by atoms with van der Waals surface area (Å²) >= 11 is 0. The third kappa shape index (κ3) is 5.31. The van der Waals surface area contributed by atoms with Crippen LogP contribution in [0.15, 0.2) is 36.4 Å². The van der Waals surface area contributed by atoms with Crippen molar-refractivity contribution in [2.75, 3.05) is 13.2 Å². The number of carbonyl (C=O) groups is 1. The number of nitrogens with one attached hydrogen (secondary N) is 2. The van der Waals surface area contributed by atoms with Gasteiger partial charge in [-0.05, 0) is 56.5 Å². The highest BCUT2D eigenvalue weighted by Crippen LogP contribution is 2.35. The van der Waals surface area contributed by atoms with E-state index in [9.17, 15) is 9.90 Å². The number of ether oxygens (including phenoxy) is 2. The summed E-state index contributed by atoms with van der Waals surface area (Å²) in [4.78, 5) is 12.1. The maximum absolute atomic E-state index is 12.1. The maximum Gasteiger partial charge on any atom is 0.315 e. The number of phenolic OH excluding ortho intramolecular Hbond substituents is 1. The Kier molecular flexibility index (Phi) is 6.63. The van der Waals surface area contributed by atoms with Crippen molar-refractivity contribution < 1.29 is 19.4 Å². The number of fused-ring (bicyclic) bond motifs is 1. The van der Waals surface area contributed by atoms with E-state index in [0.717, 1.165) is 47.5 Å². The Labute approximate surface area is 165 Å². The average molecular weight is 384 g/mol. The molecular weight excluding hydrogens is 356 g/mol. The fourth-order valence-corrected chi connectivity index (χ4v) is 3.30. The second-order valence-corrected chi connectivity index (χ2v) is 7.01. The highest BCUT2D eigenvalue weighted by Gasteiger charge is 2.22. The molecular formula is C22H28N2O4. The fraction of sp³-hybridized carbons (Fsp3) is 0.409. The summed E-state index contributed by atoms with van der Waals surface area (Å²) in [6.07, 6.45) is 2.72. The molecule has 0 spiro atoms. The lowest BCUT2D eigenvalue weighted by atomic mass is 10.1. The van der Waals surface area contributed by atoms with E-state index in [0.29, 0.717) is 19.7 Å². The van der Waals surface area contributed by atoms with Gasteiger partial charge in [0.1, 0.15) is 23.4 Å². The Morgan fingerprint density at radius 2 is 2.04 bits per heavy atom. The average Bonchev–Trinajstić information content (AvgIpc) is 3.04. The van der Waals surface area contributed by atoms with E-state index < -0.39 is 0 Å². The molecule has 0 saturated heterocycles. The van der Waals surface area contributed by atoms with Crippen molar-refractivity contribution in [1.29, 1.82) is 0 Å². The normalized spacial score (nSPS) is 14.9. The number of urea groups is 1. The van der Waals surface area contributed by atoms with Gasteiger partial charge in [-0.3, -0.25) is 0 Å². The Balaban J connectivity index is 1.46. The predicted molar refractivity (Wildman–Crippen MR) is 108 cm³/mol. The molecule has 0 aromatic heterocycles. The van der Waals surface area contributed by atoms with E-state index in [2.05, 4.69) is 10.6 Å². The first-order valence-electron chi connectivity index (χ1n) is 9.80. The van der Waals surface area contributed by atoms with Gasteiger partial charge >= 0.3 is 6.03 Å². The van der Waals surface area contributed by atoms with Crippen molar-refractivity contribution in [3.8, 4) is 17.2 Å². The van der Waals surface area contributed by atoms with Gasteiger partial charge < -0.3 is 25.2 Å². The van der Waals surface area contributed by atoms with Crippen LogP contribution >= 0.6 is 0 Å². The zero-order valence-corrected chi connectivity index (χ0v) is 16.5. The molecule has 6 heteroatoms. The van der Waals surface area contributed by atoms with Crippen LogP contribution in [-0.2, 0) is 19.4 Å². The van der Waals surface area contributed by atoms with Crippen LogP contribution in [0, 0.1) is 0 Å². The van der Waals surface area contributed by atoms with Crippen LogP contribution in [0.4, 0.5) is 4.79 Å². The summed E-state index contributed by atoms with van der Waals surface area (Å²) in [7, 11) is 0. The summed E-state index contributed by atoms with van der Waals surface area (Å²) in [6.45, 7) is 5.53. The van der Waals surface area contributed by atoms with Gasteiger partial charge in [-0.25, -0.2) is 4.79 Å². The van der Waals surface area contributed by atoms with Crippen molar-refractivity contribution >= 4 is 6.03 Å². The molecule has 0 bridgehead atoms. The SMILES string of the molecule is CCOc1cc2c(cc1CNC(=O)NCCCc1ccc(O)cc1)OC(C)C2. The highest BCUT2D eigenvalue weighted by molar-refractivity contribution is 5.74. The number of hydrogen-bond acceptors (Lipinski definition) is 4. The lowest BCUT2D eigenvalue weighted by molar-refractivity contribution is 0.240. The van der Waals surface area contributed by atoms with Gasteiger partial charge in [-0.15, -0.1) is 0 Å². The number of phenols is 1. The van der Waals surface area contributed by atoms with E-state index in [-0.39, 0.29) is 17.9 Å². The molecule has 3 rings (SSSR count). The van der Waals surface area contributed by atoms with Crippen LogP contribution < -0.4 is 20.1 Å². The quantitative estimate of drug-likeness (QED) is 0.608. The molecule has 1 unspecified atom stereocenters. The zero-order valence-electron chi connectivity index (χ0n) is 16.5. The molecule has 150 valence electrons. The smallest absolute Gasteiger partial charge is 0.315 e. The molecule has 6 nitrogen and oxygen atoms in total. The van der Waals surface area contributed by atoms with Gasteiger partial charge in [0.25, 0.3) is 0 Å². The van der Waals surface area contributed by atoms with Gasteiger partial charge in [0, 0.05) is 30.6 Å². The molecule has 1 atom stereocenters. The minimum Gasteiger partial charge on any atom is -0.508 e. The maximum atomic E-state index is 12.1. The fourth-order valence-electron chi connectivity index (χ4n) is 3.30. The monoisotopic (exact) mass is 384 g/mol. The number of aromatic hydroxyl groups is 1. The van der Waals surface area contributed by atoms with Gasteiger partial charge in [0.15, 0.2) is 0 Å². The van der Waals surface area contributed by atoms with Gasteiger partial charge in [-0.1, -0.05) is 12.1 Å². The molecule has 0 radical (unpaired) electrons. The summed E-state index contributed by atoms with van der Waals surface area (Å²) in [5.41, 5.74) is 3.20. The zero-order chi connectivity index (χ0) is 19.9. The molecule has 3 N–H and O–H groups in total.